The van der Waals surface area contributed by atoms with Crippen molar-refractivity contribution in [1.82, 2.24) is 0 Å². The van der Waals surface area contributed by atoms with E-state index in [-0.39, 0.29) is 16.8 Å². The highest BCUT2D eigenvalue weighted by molar-refractivity contribution is 7.89. The zero-order chi connectivity index (χ0) is 19.7. The zero-order valence-electron chi connectivity index (χ0n) is 14.9. The van der Waals surface area contributed by atoms with Crippen LogP contribution < -0.4 is 10.1 Å². The average Bonchev–Trinajstić information content (AvgIpc) is 3.14. The van der Waals surface area contributed by atoms with Gasteiger partial charge in [0.15, 0.2) is 0 Å². The number of primary sulfonamides is 1. The molecular weight excluding hydrogens is 377 g/mol. The molecule has 0 saturated heterocycles. The SMILES string of the molecule is NS(=O)(=O)c1ccc(N2N=C(c3ccccc3)C[C@H]2c2ccccc2F)cc1. The second-order valence-electron chi connectivity index (χ2n) is 6.54. The number of benzene rings is 3. The number of hydrogen-bond donors (Lipinski definition) is 1. The molecule has 3 aromatic rings. The number of halogens is 1. The van der Waals surface area contributed by atoms with Crippen molar-refractivity contribution in [3.05, 3.63) is 95.8 Å². The van der Waals surface area contributed by atoms with Crippen molar-refractivity contribution in [1.29, 1.82) is 0 Å². The van der Waals surface area contributed by atoms with Gasteiger partial charge in [0.2, 0.25) is 10.0 Å². The molecule has 1 aliphatic heterocycles. The quantitative estimate of drug-likeness (QED) is 0.729. The Morgan fingerprint density at radius 2 is 1.57 bits per heavy atom. The maximum absolute atomic E-state index is 14.5. The van der Waals surface area contributed by atoms with E-state index >= 15 is 0 Å². The van der Waals surface area contributed by atoms with Crippen molar-refractivity contribution in [2.45, 2.75) is 17.4 Å². The van der Waals surface area contributed by atoms with Crippen LogP contribution in [0.5, 0.6) is 0 Å². The summed E-state index contributed by atoms with van der Waals surface area (Å²) in [5, 5.41) is 11.6. The fourth-order valence-corrected chi connectivity index (χ4v) is 3.85. The van der Waals surface area contributed by atoms with Gasteiger partial charge in [-0.25, -0.2) is 17.9 Å². The van der Waals surface area contributed by atoms with E-state index in [1.807, 2.05) is 30.3 Å². The third-order valence-electron chi connectivity index (χ3n) is 4.71. The molecule has 1 atom stereocenters. The minimum Gasteiger partial charge on any atom is -0.257 e. The number of rotatable bonds is 4. The minimum absolute atomic E-state index is 0.0187. The van der Waals surface area contributed by atoms with Gasteiger partial charge in [0.05, 0.1) is 22.3 Å². The molecule has 0 radical (unpaired) electrons. The van der Waals surface area contributed by atoms with Crippen molar-refractivity contribution in [3.63, 3.8) is 0 Å². The molecule has 28 heavy (non-hydrogen) atoms. The first-order valence-corrected chi connectivity index (χ1v) is 10.3. The van der Waals surface area contributed by atoms with E-state index in [1.54, 1.807) is 35.3 Å². The van der Waals surface area contributed by atoms with Crippen LogP contribution in [0.1, 0.15) is 23.6 Å². The summed E-state index contributed by atoms with van der Waals surface area (Å²) in [6, 6.07) is 22.1. The van der Waals surface area contributed by atoms with Crippen LogP contribution in [0.15, 0.2) is 88.9 Å². The highest BCUT2D eigenvalue weighted by atomic mass is 32.2. The summed E-state index contributed by atoms with van der Waals surface area (Å²) in [5.74, 6) is -0.303. The van der Waals surface area contributed by atoms with Gasteiger partial charge in [-0.15, -0.1) is 0 Å². The Labute approximate surface area is 163 Å². The van der Waals surface area contributed by atoms with Crippen LogP contribution in [-0.2, 0) is 10.0 Å². The molecule has 0 fully saturated rings. The number of anilines is 1. The molecular formula is C21H18FN3O2S. The van der Waals surface area contributed by atoms with Crippen LogP contribution in [0.2, 0.25) is 0 Å². The smallest absolute Gasteiger partial charge is 0.238 e. The second kappa shape index (κ2) is 7.18. The first-order chi connectivity index (χ1) is 13.4. The van der Waals surface area contributed by atoms with Crippen molar-refractivity contribution < 1.29 is 12.8 Å². The molecule has 0 bridgehead atoms. The molecule has 0 saturated carbocycles. The van der Waals surface area contributed by atoms with Crippen LogP contribution in [0.4, 0.5) is 10.1 Å². The number of hydrogen-bond acceptors (Lipinski definition) is 4. The topological polar surface area (TPSA) is 75.8 Å². The monoisotopic (exact) mass is 395 g/mol. The summed E-state index contributed by atoms with van der Waals surface area (Å²) in [6.45, 7) is 0. The zero-order valence-corrected chi connectivity index (χ0v) is 15.7. The summed E-state index contributed by atoms with van der Waals surface area (Å²) >= 11 is 0. The van der Waals surface area contributed by atoms with Crippen molar-refractivity contribution >= 4 is 21.4 Å². The molecule has 0 spiro atoms. The molecule has 2 N–H and O–H groups in total. The largest absolute Gasteiger partial charge is 0.257 e. The summed E-state index contributed by atoms with van der Waals surface area (Å²) in [5.41, 5.74) is 3.00. The highest BCUT2D eigenvalue weighted by Crippen LogP contribution is 2.37. The average molecular weight is 395 g/mol. The molecule has 5 nitrogen and oxygen atoms in total. The lowest BCUT2D eigenvalue weighted by atomic mass is 9.98. The molecule has 7 heteroatoms. The molecule has 4 rings (SSSR count). The fraction of sp³-hybridized carbons (Fsp3) is 0.0952. The third-order valence-corrected chi connectivity index (χ3v) is 5.64. The summed E-state index contributed by atoms with van der Waals surface area (Å²) in [4.78, 5) is 0.0187. The van der Waals surface area contributed by atoms with Gasteiger partial charge >= 0.3 is 0 Å². The first kappa shape index (κ1) is 18.3. The van der Waals surface area contributed by atoms with Gasteiger partial charge in [-0.1, -0.05) is 48.5 Å². The highest BCUT2D eigenvalue weighted by Gasteiger charge is 2.31. The predicted molar refractivity (Wildman–Crippen MR) is 107 cm³/mol. The van der Waals surface area contributed by atoms with Crippen molar-refractivity contribution in [2.24, 2.45) is 10.2 Å². The summed E-state index contributed by atoms with van der Waals surface area (Å²) < 4.78 is 37.5. The van der Waals surface area contributed by atoms with E-state index in [9.17, 15) is 12.8 Å². The molecule has 1 heterocycles. The molecule has 142 valence electrons. The van der Waals surface area contributed by atoms with Crippen LogP contribution in [-0.4, -0.2) is 14.1 Å². The maximum atomic E-state index is 14.5. The fourth-order valence-electron chi connectivity index (χ4n) is 3.33. The molecule has 3 aromatic carbocycles. The van der Waals surface area contributed by atoms with Crippen LogP contribution in [0, 0.1) is 5.82 Å². The first-order valence-electron chi connectivity index (χ1n) is 8.73. The lowest BCUT2D eigenvalue weighted by Gasteiger charge is -2.24. The molecule has 0 aliphatic carbocycles. The van der Waals surface area contributed by atoms with E-state index in [2.05, 4.69) is 0 Å². The standard InChI is InChI=1S/C21H18FN3O2S/c22-19-9-5-4-8-18(19)21-14-20(15-6-2-1-3-7-15)24-25(21)16-10-12-17(13-11-16)28(23,26)27/h1-13,21H,14H2,(H2,23,26,27)/t21-/m0/s1. The van der Waals surface area contributed by atoms with Gasteiger partial charge in [-0.3, -0.25) is 5.01 Å². The normalized spacial score (nSPS) is 16.9. The van der Waals surface area contributed by atoms with Crippen LogP contribution in [0.3, 0.4) is 0 Å². The van der Waals surface area contributed by atoms with E-state index in [1.165, 1.54) is 18.2 Å². The van der Waals surface area contributed by atoms with Crippen molar-refractivity contribution in [3.8, 4) is 0 Å². The van der Waals surface area contributed by atoms with Crippen LogP contribution >= 0.6 is 0 Å². The van der Waals surface area contributed by atoms with E-state index in [4.69, 9.17) is 10.2 Å². The minimum atomic E-state index is -3.78. The number of nitrogens with two attached hydrogens (primary N) is 1. The van der Waals surface area contributed by atoms with E-state index in [0.717, 1.165) is 11.3 Å². The Kier molecular flexibility index (Phi) is 4.70. The Bertz CT molecular complexity index is 1130. The Balaban J connectivity index is 1.77. The molecule has 1 aliphatic rings. The van der Waals surface area contributed by atoms with E-state index < -0.39 is 10.0 Å². The molecule has 0 unspecified atom stereocenters. The van der Waals surface area contributed by atoms with Gasteiger partial charge < -0.3 is 0 Å². The number of nitrogens with zero attached hydrogens (tertiary/aromatic N) is 2. The van der Waals surface area contributed by atoms with E-state index in [0.29, 0.717) is 17.7 Å². The maximum Gasteiger partial charge on any atom is 0.238 e. The van der Waals surface area contributed by atoms with Crippen LogP contribution in [0.25, 0.3) is 0 Å². The van der Waals surface area contributed by atoms with Gasteiger partial charge in [-0.2, -0.15) is 5.10 Å². The Morgan fingerprint density at radius 3 is 2.21 bits per heavy atom. The Hall–Kier alpha value is -3.03. The number of sulfonamides is 1. The van der Waals surface area contributed by atoms with Gasteiger partial charge in [-0.05, 0) is 35.9 Å². The predicted octanol–water partition coefficient (Wildman–Crippen LogP) is 3.83. The lowest BCUT2D eigenvalue weighted by Crippen LogP contribution is -2.20. The lowest BCUT2D eigenvalue weighted by molar-refractivity contribution is 0.579. The van der Waals surface area contributed by atoms with Gasteiger partial charge in [0.1, 0.15) is 5.82 Å². The Morgan fingerprint density at radius 1 is 0.929 bits per heavy atom. The molecule has 0 aromatic heterocycles. The molecule has 0 amide bonds. The second-order valence-corrected chi connectivity index (χ2v) is 8.10. The summed E-state index contributed by atoms with van der Waals surface area (Å²) in [6.07, 6.45) is 0.530. The number of hydrazone groups is 1. The third kappa shape index (κ3) is 3.54. The summed E-state index contributed by atoms with van der Waals surface area (Å²) in [7, 11) is -3.78. The van der Waals surface area contributed by atoms with Crippen molar-refractivity contribution in [2.75, 3.05) is 5.01 Å². The van der Waals surface area contributed by atoms with Gasteiger partial charge in [0.25, 0.3) is 0 Å². The van der Waals surface area contributed by atoms with Gasteiger partial charge in [0, 0.05) is 12.0 Å².